The zero-order chi connectivity index (χ0) is 16.9. The number of rotatable bonds is 4. The molecule has 3 amide bonds. The number of hydrogen-bond acceptors (Lipinski definition) is 2. The zero-order valence-electron chi connectivity index (χ0n) is 13.1. The third-order valence-electron chi connectivity index (χ3n) is 3.87. The van der Waals surface area contributed by atoms with Crippen LogP contribution >= 0.6 is 11.6 Å². The summed E-state index contributed by atoms with van der Waals surface area (Å²) >= 11 is 6.27. The number of hydrogen-bond donors (Lipinski definition) is 2. The zero-order valence-corrected chi connectivity index (χ0v) is 13.8. The summed E-state index contributed by atoms with van der Waals surface area (Å²) in [4.78, 5) is 25.4. The summed E-state index contributed by atoms with van der Waals surface area (Å²) in [7, 11) is 0. The minimum Gasteiger partial charge on any atom is -0.334 e. The normalized spacial score (nSPS) is 13.9. The number of nitrogens with zero attached hydrogens (tertiary/aromatic N) is 1. The van der Waals surface area contributed by atoms with Gasteiger partial charge in [0.15, 0.2) is 0 Å². The Bertz CT molecular complexity index is 749. The third-order valence-corrected chi connectivity index (χ3v) is 4.17. The minimum atomic E-state index is -0.306. The average Bonchev–Trinajstić information content (AvgIpc) is 3.00. The number of benzene rings is 2. The lowest BCUT2D eigenvalue weighted by atomic mass is 10.2. The Hall–Kier alpha value is -2.53. The van der Waals surface area contributed by atoms with Gasteiger partial charge in [-0.2, -0.15) is 0 Å². The predicted molar refractivity (Wildman–Crippen MR) is 95.3 cm³/mol. The van der Waals surface area contributed by atoms with Gasteiger partial charge in [0.2, 0.25) is 5.91 Å². The molecule has 0 unspecified atom stereocenters. The highest BCUT2D eigenvalue weighted by molar-refractivity contribution is 6.34. The van der Waals surface area contributed by atoms with Crippen LogP contribution in [0.3, 0.4) is 0 Å². The molecule has 5 nitrogen and oxygen atoms in total. The Kier molecular flexibility index (Phi) is 5.01. The van der Waals surface area contributed by atoms with Crippen molar-refractivity contribution in [2.75, 3.05) is 16.8 Å². The quantitative estimate of drug-likeness (QED) is 0.887. The minimum absolute atomic E-state index is 0.0817. The van der Waals surface area contributed by atoms with E-state index in [-0.39, 0.29) is 11.9 Å². The van der Waals surface area contributed by atoms with Crippen LogP contribution in [0.25, 0.3) is 0 Å². The van der Waals surface area contributed by atoms with Crippen molar-refractivity contribution < 1.29 is 9.59 Å². The van der Waals surface area contributed by atoms with Crippen molar-refractivity contribution in [1.82, 2.24) is 5.32 Å². The van der Waals surface area contributed by atoms with Gasteiger partial charge in [0.05, 0.1) is 10.7 Å². The molecule has 0 atom stereocenters. The van der Waals surface area contributed by atoms with Crippen LogP contribution in [0.4, 0.5) is 16.2 Å². The van der Waals surface area contributed by atoms with Crippen LogP contribution in [0, 0.1) is 0 Å². The first-order chi connectivity index (χ1) is 11.6. The second-order valence-electron chi connectivity index (χ2n) is 5.61. The van der Waals surface area contributed by atoms with Crippen molar-refractivity contribution >= 4 is 34.9 Å². The van der Waals surface area contributed by atoms with Gasteiger partial charge in [0, 0.05) is 25.2 Å². The number of anilines is 2. The van der Waals surface area contributed by atoms with Crippen molar-refractivity contribution in [2.24, 2.45) is 0 Å². The van der Waals surface area contributed by atoms with Crippen molar-refractivity contribution in [1.29, 1.82) is 0 Å². The van der Waals surface area contributed by atoms with Crippen LogP contribution < -0.4 is 15.5 Å². The Morgan fingerprint density at radius 3 is 2.62 bits per heavy atom. The number of carbonyl (C=O) groups is 2. The highest BCUT2D eigenvalue weighted by Gasteiger charge is 2.23. The van der Waals surface area contributed by atoms with E-state index in [1.165, 1.54) is 0 Å². The van der Waals surface area contributed by atoms with E-state index in [9.17, 15) is 9.59 Å². The molecular formula is C18H18ClN3O2. The van der Waals surface area contributed by atoms with E-state index >= 15 is 0 Å². The number of nitrogens with one attached hydrogen (secondary N) is 2. The van der Waals surface area contributed by atoms with E-state index in [2.05, 4.69) is 10.6 Å². The van der Waals surface area contributed by atoms with Gasteiger partial charge < -0.3 is 15.5 Å². The van der Waals surface area contributed by atoms with E-state index in [0.29, 0.717) is 35.9 Å². The highest BCUT2D eigenvalue weighted by atomic mass is 35.5. The van der Waals surface area contributed by atoms with E-state index in [0.717, 1.165) is 12.0 Å². The van der Waals surface area contributed by atoms with E-state index < -0.39 is 0 Å². The molecule has 1 aliphatic rings. The predicted octanol–water partition coefficient (Wildman–Crippen LogP) is 3.79. The fourth-order valence-electron chi connectivity index (χ4n) is 2.66. The average molecular weight is 344 g/mol. The maximum atomic E-state index is 12.0. The highest BCUT2D eigenvalue weighted by Crippen LogP contribution is 2.31. The van der Waals surface area contributed by atoms with E-state index in [4.69, 9.17) is 11.6 Å². The molecule has 0 bridgehead atoms. The van der Waals surface area contributed by atoms with Crippen molar-refractivity contribution in [3.63, 3.8) is 0 Å². The van der Waals surface area contributed by atoms with Gasteiger partial charge in [0.1, 0.15) is 0 Å². The molecule has 124 valence electrons. The summed E-state index contributed by atoms with van der Waals surface area (Å²) < 4.78 is 0. The van der Waals surface area contributed by atoms with E-state index in [1.54, 1.807) is 23.1 Å². The summed E-state index contributed by atoms with van der Waals surface area (Å²) in [5.74, 6) is 0.0817. The first-order valence-electron chi connectivity index (χ1n) is 7.82. The van der Waals surface area contributed by atoms with E-state index in [1.807, 2.05) is 30.3 Å². The van der Waals surface area contributed by atoms with Crippen molar-refractivity contribution in [3.05, 3.63) is 59.1 Å². The first kappa shape index (κ1) is 16.3. The Labute approximate surface area is 145 Å². The smallest absolute Gasteiger partial charge is 0.319 e. The summed E-state index contributed by atoms with van der Waals surface area (Å²) in [6.07, 6.45) is 1.40. The summed E-state index contributed by atoms with van der Waals surface area (Å²) in [6, 6.07) is 14.5. The molecule has 2 N–H and O–H groups in total. The maximum absolute atomic E-state index is 12.0. The monoisotopic (exact) mass is 343 g/mol. The number of carbonyl (C=O) groups excluding carboxylic acids is 2. The Balaban J connectivity index is 1.60. The molecule has 3 rings (SSSR count). The van der Waals surface area contributed by atoms with Gasteiger partial charge in [-0.05, 0) is 30.2 Å². The Morgan fingerprint density at radius 1 is 1.17 bits per heavy atom. The Morgan fingerprint density at radius 2 is 1.96 bits per heavy atom. The van der Waals surface area contributed by atoms with Crippen LogP contribution in [-0.2, 0) is 11.3 Å². The van der Waals surface area contributed by atoms with Crippen LogP contribution in [-0.4, -0.2) is 18.5 Å². The lowest BCUT2D eigenvalue weighted by molar-refractivity contribution is -0.117. The van der Waals surface area contributed by atoms with Crippen molar-refractivity contribution in [2.45, 2.75) is 19.4 Å². The van der Waals surface area contributed by atoms with Gasteiger partial charge >= 0.3 is 6.03 Å². The van der Waals surface area contributed by atoms with Gasteiger partial charge in [-0.3, -0.25) is 4.79 Å². The van der Waals surface area contributed by atoms with Gasteiger partial charge in [0.25, 0.3) is 0 Å². The SMILES string of the molecule is O=C(NCc1ccccc1)Nc1ccc(N2CCCC2=O)c(Cl)c1. The van der Waals surface area contributed by atoms with Crippen LogP contribution in [0.1, 0.15) is 18.4 Å². The lowest BCUT2D eigenvalue weighted by Gasteiger charge is -2.18. The standard InChI is InChI=1S/C18H18ClN3O2/c19-15-11-14(8-9-16(15)22-10-4-7-17(22)23)21-18(24)20-12-13-5-2-1-3-6-13/h1-3,5-6,8-9,11H,4,7,10,12H2,(H2,20,21,24). The largest absolute Gasteiger partial charge is 0.334 e. The topological polar surface area (TPSA) is 61.4 Å². The summed E-state index contributed by atoms with van der Waals surface area (Å²) in [6.45, 7) is 1.13. The third kappa shape index (κ3) is 3.86. The van der Waals surface area contributed by atoms with Gasteiger partial charge in [-0.15, -0.1) is 0 Å². The molecule has 0 radical (unpaired) electrons. The fourth-order valence-corrected chi connectivity index (χ4v) is 2.94. The fraction of sp³-hybridized carbons (Fsp3) is 0.222. The molecule has 1 saturated heterocycles. The number of amides is 3. The van der Waals surface area contributed by atoms with Crippen molar-refractivity contribution in [3.8, 4) is 0 Å². The summed E-state index contributed by atoms with van der Waals surface area (Å²) in [5, 5.41) is 5.98. The molecule has 24 heavy (non-hydrogen) atoms. The molecule has 0 saturated carbocycles. The lowest BCUT2D eigenvalue weighted by Crippen LogP contribution is -2.28. The van der Waals surface area contributed by atoms with Crippen LogP contribution in [0.2, 0.25) is 5.02 Å². The van der Waals surface area contributed by atoms with Crippen LogP contribution in [0.15, 0.2) is 48.5 Å². The molecule has 1 heterocycles. The molecule has 1 aliphatic heterocycles. The molecule has 2 aromatic rings. The molecule has 2 aromatic carbocycles. The second-order valence-corrected chi connectivity index (χ2v) is 6.02. The molecular weight excluding hydrogens is 326 g/mol. The van der Waals surface area contributed by atoms with Crippen LogP contribution in [0.5, 0.6) is 0 Å². The molecule has 0 spiro atoms. The molecule has 6 heteroatoms. The number of urea groups is 1. The first-order valence-corrected chi connectivity index (χ1v) is 8.20. The molecule has 0 aliphatic carbocycles. The molecule has 1 fully saturated rings. The summed E-state index contributed by atoms with van der Waals surface area (Å²) in [5.41, 5.74) is 2.30. The van der Waals surface area contributed by atoms with Gasteiger partial charge in [-0.1, -0.05) is 41.9 Å². The second kappa shape index (κ2) is 7.36. The molecule has 0 aromatic heterocycles. The van der Waals surface area contributed by atoms with Gasteiger partial charge in [-0.25, -0.2) is 4.79 Å². The number of halogens is 1. The maximum Gasteiger partial charge on any atom is 0.319 e.